The summed E-state index contributed by atoms with van der Waals surface area (Å²) in [4.78, 5) is 5.05. The molecular weight excluding hydrogens is 454 g/mol. The van der Waals surface area contributed by atoms with Gasteiger partial charge in [-0.3, -0.25) is 4.99 Å². The Kier molecular flexibility index (Phi) is 5.33. The van der Waals surface area contributed by atoms with Crippen molar-refractivity contribution in [1.82, 2.24) is 4.68 Å². The summed E-state index contributed by atoms with van der Waals surface area (Å²) in [5.74, 6) is 0.179. The van der Waals surface area contributed by atoms with Crippen LogP contribution in [-0.4, -0.2) is 23.0 Å². The number of phenolic OH excluding ortho intramolecular Hbond substituents is 1. The van der Waals surface area contributed by atoms with Gasteiger partial charge in [0.25, 0.3) is 0 Å². The summed E-state index contributed by atoms with van der Waals surface area (Å²) in [5.41, 5.74) is 2.62. The number of nitrogens with zero attached hydrogens (tertiary/aromatic N) is 3. The van der Waals surface area contributed by atoms with Crippen LogP contribution < -0.4 is 4.80 Å². The van der Waals surface area contributed by atoms with Crippen LogP contribution in [0, 0.1) is 0 Å². The predicted molar refractivity (Wildman–Crippen MR) is 106 cm³/mol. The minimum atomic E-state index is 0.179. The Bertz CT molecular complexity index is 959. The molecule has 0 atom stereocenters. The van der Waals surface area contributed by atoms with Gasteiger partial charge < -0.3 is 5.11 Å². The molecular formula is C17H13Br2N3OS. The monoisotopic (exact) mass is 465 g/mol. The topological polar surface area (TPSA) is 49.9 Å². The van der Waals surface area contributed by atoms with Crippen LogP contribution in [0.4, 0.5) is 0 Å². The van der Waals surface area contributed by atoms with E-state index < -0.39 is 0 Å². The van der Waals surface area contributed by atoms with Crippen LogP contribution in [0.5, 0.6) is 5.75 Å². The second kappa shape index (κ2) is 7.46. The molecule has 0 unspecified atom stereocenters. The van der Waals surface area contributed by atoms with Crippen molar-refractivity contribution >= 4 is 49.4 Å². The Labute approximate surface area is 160 Å². The smallest absolute Gasteiger partial charge is 0.205 e. The molecule has 7 heteroatoms. The van der Waals surface area contributed by atoms with E-state index in [9.17, 15) is 5.11 Å². The van der Waals surface area contributed by atoms with Crippen LogP contribution >= 0.6 is 43.2 Å². The van der Waals surface area contributed by atoms with Crippen molar-refractivity contribution < 1.29 is 5.11 Å². The average Bonchev–Trinajstić information content (AvgIpc) is 2.99. The van der Waals surface area contributed by atoms with Gasteiger partial charge in [-0.15, -0.1) is 11.3 Å². The van der Waals surface area contributed by atoms with Crippen molar-refractivity contribution in [2.24, 2.45) is 10.1 Å². The zero-order chi connectivity index (χ0) is 17.1. The van der Waals surface area contributed by atoms with Crippen molar-refractivity contribution in [3.8, 4) is 17.0 Å². The second-order valence-electron chi connectivity index (χ2n) is 4.89. The number of hydrogen-bond acceptors (Lipinski definition) is 4. The number of phenols is 1. The third-order valence-electron chi connectivity index (χ3n) is 3.32. The maximum Gasteiger partial charge on any atom is 0.205 e. The first-order valence-electron chi connectivity index (χ1n) is 7.00. The van der Waals surface area contributed by atoms with E-state index in [-0.39, 0.29) is 5.75 Å². The molecule has 0 bridgehead atoms. The van der Waals surface area contributed by atoms with Gasteiger partial charge in [0.05, 0.1) is 11.9 Å². The highest BCUT2D eigenvalue weighted by molar-refractivity contribution is 9.10. The Morgan fingerprint density at radius 3 is 2.50 bits per heavy atom. The van der Waals surface area contributed by atoms with Gasteiger partial charge in [-0.2, -0.15) is 5.10 Å². The van der Waals surface area contributed by atoms with E-state index >= 15 is 0 Å². The molecule has 0 saturated carbocycles. The van der Waals surface area contributed by atoms with E-state index in [2.05, 4.69) is 42.0 Å². The van der Waals surface area contributed by atoms with Crippen LogP contribution in [0.25, 0.3) is 11.3 Å². The molecule has 1 heterocycles. The fraction of sp³-hybridized carbons (Fsp3) is 0.0588. The molecule has 0 saturated heterocycles. The minimum Gasteiger partial charge on any atom is -0.507 e. The first-order chi connectivity index (χ1) is 11.6. The van der Waals surface area contributed by atoms with Crippen molar-refractivity contribution in [2.45, 2.75) is 0 Å². The molecule has 122 valence electrons. The van der Waals surface area contributed by atoms with Gasteiger partial charge in [-0.05, 0) is 30.3 Å². The van der Waals surface area contributed by atoms with Crippen LogP contribution in [-0.2, 0) is 0 Å². The summed E-state index contributed by atoms with van der Waals surface area (Å²) in [6.07, 6.45) is 1.63. The van der Waals surface area contributed by atoms with Crippen LogP contribution in [0.3, 0.4) is 0 Å². The first-order valence-corrected chi connectivity index (χ1v) is 9.47. The maximum absolute atomic E-state index is 9.96. The second-order valence-corrected chi connectivity index (χ2v) is 7.56. The molecule has 4 nitrogen and oxygen atoms in total. The van der Waals surface area contributed by atoms with Gasteiger partial charge in [-0.1, -0.05) is 44.0 Å². The maximum atomic E-state index is 9.96. The van der Waals surface area contributed by atoms with Crippen LogP contribution in [0.2, 0.25) is 0 Å². The summed E-state index contributed by atoms with van der Waals surface area (Å²) in [6, 6.07) is 13.2. The molecule has 2 aromatic carbocycles. The zero-order valence-electron chi connectivity index (χ0n) is 12.6. The van der Waals surface area contributed by atoms with Crippen molar-refractivity contribution in [3.63, 3.8) is 0 Å². The molecule has 0 aliphatic carbocycles. The number of halogens is 2. The van der Waals surface area contributed by atoms with E-state index in [0.717, 1.165) is 25.0 Å². The molecule has 0 fully saturated rings. The lowest BCUT2D eigenvalue weighted by atomic mass is 10.2. The highest BCUT2D eigenvalue weighted by Crippen LogP contribution is 2.23. The van der Waals surface area contributed by atoms with E-state index in [1.165, 1.54) is 11.3 Å². The fourth-order valence-electron chi connectivity index (χ4n) is 2.13. The Balaban J connectivity index is 2.07. The van der Waals surface area contributed by atoms with Gasteiger partial charge in [0.2, 0.25) is 4.80 Å². The van der Waals surface area contributed by atoms with Gasteiger partial charge in [0.15, 0.2) is 0 Å². The molecule has 24 heavy (non-hydrogen) atoms. The van der Waals surface area contributed by atoms with Crippen molar-refractivity contribution in [1.29, 1.82) is 0 Å². The third kappa shape index (κ3) is 3.68. The zero-order valence-corrected chi connectivity index (χ0v) is 16.6. The fourth-order valence-corrected chi connectivity index (χ4v) is 3.58. The number of aromatic nitrogens is 1. The Hall–Kier alpha value is -1.70. The molecule has 0 aliphatic rings. The number of benzene rings is 2. The Morgan fingerprint density at radius 2 is 1.79 bits per heavy atom. The van der Waals surface area contributed by atoms with Gasteiger partial charge in [0, 0.05) is 32.5 Å². The number of rotatable bonds is 3. The van der Waals surface area contributed by atoms with Crippen LogP contribution in [0.1, 0.15) is 5.56 Å². The minimum absolute atomic E-state index is 0.179. The van der Waals surface area contributed by atoms with E-state index in [1.807, 2.05) is 35.7 Å². The first kappa shape index (κ1) is 17.1. The molecule has 0 radical (unpaired) electrons. The summed E-state index contributed by atoms with van der Waals surface area (Å²) >= 11 is 8.36. The molecule has 3 aromatic rings. The van der Waals surface area contributed by atoms with E-state index in [1.54, 1.807) is 30.1 Å². The molecule has 1 N–H and O–H groups in total. The number of hydrogen-bond donors (Lipinski definition) is 1. The lowest BCUT2D eigenvalue weighted by Gasteiger charge is -2.04. The SMILES string of the molecule is CN=c1scc(-c2ccc(Br)cc2)n1N=Cc1cc(Br)ccc1O. The highest BCUT2D eigenvalue weighted by Gasteiger charge is 2.07. The lowest BCUT2D eigenvalue weighted by molar-refractivity contribution is 0.474. The lowest BCUT2D eigenvalue weighted by Crippen LogP contribution is -2.11. The third-order valence-corrected chi connectivity index (χ3v) is 5.25. The van der Waals surface area contributed by atoms with E-state index in [4.69, 9.17) is 0 Å². The summed E-state index contributed by atoms with van der Waals surface area (Å²) < 4.78 is 3.68. The highest BCUT2D eigenvalue weighted by atomic mass is 79.9. The largest absolute Gasteiger partial charge is 0.507 e. The van der Waals surface area contributed by atoms with Crippen molar-refractivity contribution in [2.75, 3.05) is 7.05 Å². The molecule has 0 spiro atoms. The summed E-state index contributed by atoms with van der Waals surface area (Å²) in [5, 5.41) is 16.5. The number of thiazole rings is 1. The summed E-state index contributed by atoms with van der Waals surface area (Å²) in [7, 11) is 1.74. The van der Waals surface area contributed by atoms with Crippen molar-refractivity contribution in [3.05, 3.63) is 67.2 Å². The molecule has 0 amide bonds. The van der Waals surface area contributed by atoms with Gasteiger partial charge in [0.1, 0.15) is 5.75 Å². The molecule has 0 aliphatic heterocycles. The van der Waals surface area contributed by atoms with Gasteiger partial charge >= 0.3 is 0 Å². The molecule has 3 rings (SSSR count). The quantitative estimate of drug-likeness (QED) is 0.550. The van der Waals surface area contributed by atoms with Gasteiger partial charge in [-0.25, -0.2) is 4.68 Å². The normalized spacial score (nSPS) is 12.2. The average molecular weight is 467 g/mol. The Morgan fingerprint density at radius 1 is 1.08 bits per heavy atom. The van der Waals surface area contributed by atoms with E-state index in [0.29, 0.717) is 5.56 Å². The standard InChI is InChI=1S/C17H13Br2N3OS/c1-20-17-22(21-9-12-8-14(19)6-7-16(12)23)15(10-24-17)11-2-4-13(18)5-3-11/h2-10,23H,1H3. The summed E-state index contributed by atoms with van der Waals surface area (Å²) in [6.45, 7) is 0. The molecule has 1 aromatic heterocycles. The van der Waals surface area contributed by atoms with Crippen LogP contribution in [0.15, 0.2) is 66.9 Å². The number of aromatic hydroxyl groups is 1. The predicted octanol–water partition coefficient (Wildman–Crippen LogP) is 4.86.